The molecule has 0 saturated carbocycles. The van der Waals surface area contributed by atoms with Crippen LogP contribution in [0, 0.1) is 18.8 Å². The first-order valence-corrected chi connectivity index (χ1v) is 8.12. The molecule has 22 heavy (non-hydrogen) atoms. The Labute approximate surface area is 132 Å². The molecule has 7 heteroatoms. The van der Waals surface area contributed by atoms with Crippen molar-refractivity contribution in [1.29, 1.82) is 0 Å². The Morgan fingerprint density at radius 2 is 1.91 bits per heavy atom. The highest BCUT2D eigenvalue weighted by atomic mass is 32.1. The number of fused-ring (bicyclic) bond motifs is 1. The van der Waals surface area contributed by atoms with Crippen molar-refractivity contribution in [2.45, 2.75) is 32.7 Å². The second kappa shape index (κ2) is 5.64. The van der Waals surface area contributed by atoms with Crippen LogP contribution in [0.15, 0.2) is 17.5 Å². The van der Waals surface area contributed by atoms with E-state index in [1.165, 1.54) is 11.3 Å². The molecule has 1 aliphatic carbocycles. The standard InChI is InChI=1S/C15H17N3O3S/c1-8-7-22-15(16-8)17-12(19)9(2)18-13(20)10-5-3-4-6-11(10)14(18)21/h3-4,7,9-11H,5-6H2,1-2H3,(H,16,17,19)/t9-,10?,11?/m1/s1. The predicted molar refractivity (Wildman–Crippen MR) is 82.1 cm³/mol. The number of hydrogen-bond acceptors (Lipinski definition) is 5. The summed E-state index contributed by atoms with van der Waals surface area (Å²) >= 11 is 1.32. The number of amides is 3. The Hall–Kier alpha value is -2.02. The van der Waals surface area contributed by atoms with Gasteiger partial charge >= 0.3 is 0 Å². The highest BCUT2D eigenvalue weighted by molar-refractivity contribution is 7.13. The molecule has 1 aromatic rings. The van der Waals surface area contributed by atoms with Gasteiger partial charge in [0.2, 0.25) is 17.7 Å². The molecule has 1 aliphatic heterocycles. The van der Waals surface area contributed by atoms with E-state index in [0.717, 1.165) is 10.6 Å². The first-order chi connectivity index (χ1) is 10.5. The number of nitrogens with zero attached hydrogens (tertiary/aromatic N) is 2. The highest BCUT2D eigenvalue weighted by Gasteiger charge is 2.50. The number of thiazole rings is 1. The van der Waals surface area contributed by atoms with Gasteiger partial charge < -0.3 is 5.32 Å². The average Bonchev–Trinajstić information content (AvgIpc) is 3.01. The van der Waals surface area contributed by atoms with E-state index < -0.39 is 6.04 Å². The van der Waals surface area contributed by atoms with E-state index in [1.54, 1.807) is 6.92 Å². The molecular weight excluding hydrogens is 302 g/mol. The SMILES string of the molecule is Cc1csc(NC(=O)[C@@H](C)N2C(=O)C3CC=CCC3C2=O)n1. The number of carbonyl (C=O) groups is 3. The van der Waals surface area contributed by atoms with E-state index in [4.69, 9.17) is 0 Å². The van der Waals surface area contributed by atoms with Crippen LogP contribution in [-0.2, 0) is 14.4 Å². The van der Waals surface area contributed by atoms with Gasteiger partial charge in [-0.25, -0.2) is 4.98 Å². The summed E-state index contributed by atoms with van der Waals surface area (Å²) < 4.78 is 0. The third-order valence-corrected chi connectivity index (χ3v) is 5.03. The van der Waals surface area contributed by atoms with Crippen LogP contribution in [0.3, 0.4) is 0 Å². The number of anilines is 1. The minimum absolute atomic E-state index is 0.239. The molecular formula is C15H17N3O3S. The number of likely N-dealkylation sites (tertiary alicyclic amines) is 1. The molecule has 1 fully saturated rings. The molecule has 0 spiro atoms. The first-order valence-electron chi connectivity index (χ1n) is 7.24. The predicted octanol–water partition coefficient (Wildman–Crippen LogP) is 1.73. The Balaban J connectivity index is 1.74. The van der Waals surface area contributed by atoms with Gasteiger partial charge in [-0.15, -0.1) is 11.3 Å². The van der Waals surface area contributed by atoms with Crippen molar-refractivity contribution in [3.8, 4) is 0 Å². The van der Waals surface area contributed by atoms with Gasteiger partial charge in [-0.1, -0.05) is 12.2 Å². The van der Waals surface area contributed by atoms with Crippen LogP contribution in [0.2, 0.25) is 0 Å². The lowest BCUT2D eigenvalue weighted by molar-refractivity contribution is -0.146. The fraction of sp³-hybridized carbons (Fsp3) is 0.467. The van der Waals surface area contributed by atoms with Crippen LogP contribution in [0.5, 0.6) is 0 Å². The van der Waals surface area contributed by atoms with E-state index in [1.807, 2.05) is 24.5 Å². The van der Waals surface area contributed by atoms with Crippen LogP contribution < -0.4 is 5.32 Å². The second-order valence-electron chi connectivity index (χ2n) is 5.66. The maximum absolute atomic E-state index is 12.4. The third kappa shape index (κ3) is 2.45. The Kier molecular flexibility index (Phi) is 3.82. The van der Waals surface area contributed by atoms with Crippen LogP contribution in [-0.4, -0.2) is 33.6 Å². The molecule has 3 amide bonds. The van der Waals surface area contributed by atoms with Gasteiger partial charge in [-0.3, -0.25) is 19.3 Å². The number of imide groups is 1. The molecule has 3 rings (SSSR count). The number of nitrogens with one attached hydrogen (secondary N) is 1. The van der Waals surface area contributed by atoms with Gasteiger partial charge in [-0.2, -0.15) is 0 Å². The fourth-order valence-corrected chi connectivity index (χ4v) is 3.64. The maximum atomic E-state index is 12.4. The minimum atomic E-state index is -0.824. The molecule has 1 N–H and O–H groups in total. The highest BCUT2D eigenvalue weighted by Crippen LogP contribution is 2.36. The van der Waals surface area contributed by atoms with E-state index in [-0.39, 0.29) is 29.6 Å². The molecule has 1 aromatic heterocycles. The zero-order chi connectivity index (χ0) is 15.9. The molecule has 2 aliphatic rings. The molecule has 0 radical (unpaired) electrons. The van der Waals surface area contributed by atoms with Crippen molar-refractivity contribution in [1.82, 2.24) is 9.88 Å². The number of carbonyl (C=O) groups excluding carboxylic acids is 3. The fourth-order valence-electron chi connectivity index (χ4n) is 2.95. The topological polar surface area (TPSA) is 79.4 Å². The molecule has 0 bridgehead atoms. The zero-order valence-corrected chi connectivity index (χ0v) is 13.2. The van der Waals surface area contributed by atoms with Gasteiger partial charge in [0.15, 0.2) is 5.13 Å². The van der Waals surface area contributed by atoms with Crippen LogP contribution >= 0.6 is 11.3 Å². The summed E-state index contributed by atoms with van der Waals surface area (Å²) in [7, 11) is 0. The second-order valence-corrected chi connectivity index (χ2v) is 6.52. The first kappa shape index (κ1) is 14.9. The van der Waals surface area contributed by atoms with Gasteiger partial charge in [-0.05, 0) is 26.7 Å². The van der Waals surface area contributed by atoms with Gasteiger partial charge in [0.1, 0.15) is 6.04 Å². The third-order valence-electron chi connectivity index (χ3n) is 4.16. The zero-order valence-electron chi connectivity index (χ0n) is 12.4. The number of allylic oxidation sites excluding steroid dienone is 2. The molecule has 6 nitrogen and oxygen atoms in total. The van der Waals surface area contributed by atoms with E-state index in [9.17, 15) is 14.4 Å². The molecule has 3 atom stereocenters. The van der Waals surface area contributed by atoms with Crippen molar-refractivity contribution in [2.24, 2.45) is 11.8 Å². The van der Waals surface area contributed by atoms with Crippen molar-refractivity contribution in [3.63, 3.8) is 0 Å². The van der Waals surface area contributed by atoms with Crippen molar-refractivity contribution >= 4 is 34.2 Å². The molecule has 2 unspecified atom stereocenters. The number of aryl methyl sites for hydroxylation is 1. The van der Waals surface area contributed by atoms with Gasteiger partial charge in [0, 0.05) is 5.38 Å². The smallest absolute Gasteiger partial charge is 0.249 e. The van der Waals surface area contributed by atoms with Crippen LogP contribution in [0.1, 0.15) is 25.5 Å². The van der Waals surface area contributed by atoms with E-state index >= 15 is 0 Å². The van der Waals surface area contributed by atoms with E-state index in [0.29, 0.717) is 18.0 Å². The van der Waals surface area contributed by atoms with Gasteiger partial charge in [0.25, 0.3) is 0 Å². The summed E-state index contributed by atoms with van der Waals surface area (Å²) in [5.41, 5.74) is 0.818. The summed E-state index contributed by atoms with van der Waals surface area (Å²) in [4.78, 5) is 42.4. The van der Waals surface area contributed by atoms with Crippen molar-refractivity contribution in [3.05, 3.63) is 23.2 Å². The van der Waals surface area contributed by atoms with Crippen LogP contribution in [0.25, 0.3) is 0 Å². The summed E-state index contributed by atoms with van der Waals surface area (Å²) in [6.07, 6.45) is 5.01. The lowest BCUT2D eigenvalue weighted by Crippen LogP contribution is -2.46. The number of rotatable bonds is 3. The monoisotopic (exact) mass is 319 g/mol. The Bertz CT molecular complexity index is 641. The van der Waals surface area contributed by atoms with Crippen molar-refractivity contribution < 1.29 is 14.4 Å². The molecule has 1 saturated heterocycles. The normalized spacial score (nSPS) is 25.3. The summed E-state index contributed by atoms with van der Waals surface area (Å²) in [5, 5.41) is 4.97. The van der Waals surface area contributed by atoms with Gasteiger partial charge in [0.05, 0.1) is 17.5 Å². The average molecular weight is 319 g/mol. The van der Waals surface area contributed by atoms with E-state index in [2.05, 4.69) is 10.3 Å². The van der Waals surface area contributed by atoms with Crippen molar-refractivity contribution in [2.75, 3.05) is 5.32 Å². The largest absolute Gasteiger partial charge is 0.300 e. The van der Waals surface area contributed by atoms with Crippen LogP contribution in [0.4, 0.5) is 5.13 Å². The Morgan fingerprint density at radius 1 is 1.32 bits per heavy atom. The number of hydrogen-bond donors (Lipinski definition) is 1. The quantitative estimate of drug-likeness (QED) is 0.680. The molecule has 116 valence electrons. The summed E-state index contributed by atoms with van der Waals surface area (Å²) in [5.74, 6) is -1.48. The Morgan fingerprint density at radius 3 is 2.41 bits per heavy atom. The summed E-state index contributed by atoms with van der Waals surface area (Å²) in [6, 6.07) is -0.824. The molecule has 2 heterocycles. The number of aromatic nitrogens is 1. The lowest BCUT2D eigenvalue weighted by atomic mass is 9.85. The lowest BCUT2D eigenvalue weighted by Gasteiger charge is -2.21. The molecule has 0 aromatic carbocycles. The maximum Gasteiger partial charge on any atom is 0.249 e. The summed E-state index contributed by atoms with van der Waals surface area (Å²) in [6.45, 7) is 3.41. The minimum Gasteiger partial charge on any atom is -0.300 e.